The third kappa shape index (κ3) is 2.83. The molecule has 1 atom stereocenters. The van der Waals surface area contributed by atoms with E-state index < -0.39 is 10.0 Å². The third-order valence-corrected chi connectivity index (χ3v) is 7.18. The number of anilines is 1. The summed E-state index contributed by atoms with van der Waals surface area (Å²) in [5.41, 5.74) is 2.89. The SMILES string of the molecule is Cc1ccc(S(=O)(=O)N2c3nccc(Br)c3CC2c2ccccc2)cc1. The third-order valence-electron chi connectivity index (χ3n) is 4.63. The van der Waals surface area contributed by atoms with Crippen LogP contribution >= 0.6 is 15.9 Å². The van der Waals surface area contributed by atoms with Crippen molar-refractivity contribution in [3.8, 4) is 0 Å². The van der Waals surface area contributed by atoms with Gasteiger partial charge in [0.05, 0.1) is 10.9 Å². The molecule has 0 N–H and O–H groups in total. The van der Waals surface area contributed by atoms with E-state index in [0.29, 0.717) is 12.2 Å². The second-order valence-corrected chi connectivity index (χ2v) is 9.01. The zero-order valence-electron chi connectivity index (χ0n) is 14.1. The molecule has 0 spiro atoms. The van der Waals surface area contributed by atoms with Crippen molar-refractivity contribution in [2.24, 2.45) is 0 Å². The molecule has 6 heteroatoms. The molecule has 1 unspecified atom stereocenters. The van der Waals surface area contributed by atoms with Gasteiger partial charge in [0.25, 0.3) is 10.0 Å². The highest BCUT2D eigenvalue weighted by molar-refractivity contribution is 9.10. The highest BCUT2D eigenvalue weighted by Gasteiger charge is 2.41. The maximum Gasteiger partial charge on any atom is 0.266 e. The summed E-state index contributed by atoms with van der Waals surface area (Å²) in [7, 11) is -3.73. The van der Waals surface area contributed by atoms with Gasteiger partial charge in [-0.3, -0.25) is 0 Å². The molecule has 26 heavy (non-hydrogen) atoms. The zero-order valence-corrected chi connectivity index (χ0v) is 16.5. The monoisotopic (exact) mass is 428 g/mol. The number of benzene rings is 2. The molecule has 0 radical (unpaired) electrons. The van der Waals surface area contributed by atoms with Crippen molar-refractivity contribution in [2.45, 2.75) is 24.3 Å². The van der Waals surface area contributed by atoms with E-state index in [1.54, 1.807) is 18.3 Å². The summed E-state index contributed by atoms with van der Waals surface area (Å²) in [4.78, 5) is 4.68. The van der Waals surface area contributed by atoms with Gasteiger partial charge < -0.3 is 0 Å². The lowest BCUT2D eigenvalue weighted by atomic mass is 10.0. The quantitative estimate of drug-likeness (QED) is 0.609. The van der Waals surface area contributed by atoms with Crippen LogP contribution in [0.2, 0.25) is 0 Å². The summed E-state index contributed by atoms with van der Waals surface area (Å²) in [5, 5.41) is 0. The molecule has 1 aromatic heterocycles. The summed E-state index contributed by atoms with van der Waals surface area (Å²) < 4.78 is 29.3. The van der Waals surface area contributed by atoms with Crippen molar-refractivity contribution in [3.05, 3.63) is 88.0 Å². The molecule has 2 aromatic carbocycles. The average Bonchev–Trinajstić information content (AvgIpc) is 3.05. The smallest absolute Gasteiger partial charge is 0.242 e. The number of pyridine rings is 1. The predicted octanol–water partition coefficient (Wildman–Crippen LogP) is 4.65. The summed E-state index contributed by atoms with van der Waals surface area (Å²) >= 11 is 3.55. The Morgan fingerprint density at radius 1 is 1.04 bits per heavy atom. The lowest BCUT2D eigenvalue weighted by Crippen LogP contribution is -2.32. The number of aryl methyl sites for hydroxylation is 1. The van der Waals surface area contributed by atoms with Gasteiger partial charge in [-0.1, -0.05) is 64.0 Å². The van der Waals surface area contributed by atoms with E-state index in [4.69, 9.17) is 0 Å². The molecule has 0 aliphatic carbocycles. The van der Waals surface area contributed by atoms with E-state index in [2.05, 4.69) is 20.9 Å². The standard InChI is InChI=1S/C20H17BrN2O2S/c1-14-7-9-16(10-8-14)26(24,25)23-19(15-5-3-2-4-6-15)13-17-18(21)11-12-22-20(17)23/h2-12,19H,13H2,1H3. The lowest BCUT2D eigenvalue weighted by molar-refractivity contribution is 0.582. The normalized spacial score (nSPS) is 16.5. The van der Waals surface area contributed by atoms with Crippen LogP contribution in [0, 0.1) is 6.92 Å². The van der Waals surface area contributed by atoms with Gasteiger partial charge in [-0.25, -0.2) is 17.7 Å². The van der Waals surface area contributed by atoms with Gasteiger partial charge in [-0.2, -0.15) is 0 Å². The Morgan fingerprint density at radius 3 is 2.42 bits per heavy atom. The zero-order chi connectivity index (χ0) is 18.3. The van der Waals surface area contributed by atoms with Crippen molar-refractivity contribution in [1.29, 1.82) is 0 Å². The van der Waals surface area contributed by atoms with Crippen LogP contribution < -0.4 is 4.31 Å². The fourth-order valence-electron chi connectivity index (χ4n) is 3.29. The number of rotatable bonds is 3. The Labute approximate surface area is 161 Å². The van der Waals surface area contributed by atoms with Crippen LogP contribution in [0.4, 0.5) is 5.82 Å². The number of hydrogen-bond acceptors (Lipinski definition) is 3. The van der Waals surface area contributed by atoms with Crippen LogP contribution in [0.25, 0.3) is 0 Å². The molecule has 1 aliphatic rings. The van der Waals surface area contributed by atoms with Crippen LogP contribution in [0.1, 0.15) is 22.7 Å². The van der Waals surface area contributed by atoms with E-state index in [0.717, 1.165) is 21.2 Å². The van der Waals surface area contributed by atoms with Crippen LogP contribution in [-0.4, -0.2) is 13.4 Å². The van der Waals surface area contributed by atoms with E-state index in [1.807, 2.05) is 55.5 Å². The van der Waals surface area contributed by atoms with Gasteiger partial charge in [0.1, 0.15) is 5.82 Å². The first-order valence-corrected chi connectivity index (χ1v) is 10.5. The molecule has 0 amide bonds. The lowest BCUT2D eigenvalue weighted by Gasteiger charge is -2.26. The number of nitrogens with zero attached hydrogens (tertiary/aromatic N) is 2. The van der Waals surface area contributed by atoms with E-state index >= 15 is 0 Å². The Hall–Kier alpha value is -2.18. The predicted molar refractivity (Wildman–Crippen MR) is 106 cm³/mol. The van der Waals surface area contributed by atoms with Crippen LogP contribution in [-0.2, 0) is 16.4 Å². The van der Waals surface area contributed by atoms with E-state index in [-0.39, 0.29) is 10.9 Å². The number of sulfonamides is 1. The van der Waals surface area contributed by atoms with Crippen molar-refractivity contribution >= 4 is 31.8 Å². The molecule has 132 valence electrons. The maximum absolute atomic E-state index is 13.5. The molecule has 2 heterocycles. The van der Waals surface area contributed by atoms with Gasteiger partial charge in [-0.15, -0.1) is 0 Å². The molecule has 4 nitrogen and oxygen atoms in total. The molecule has 1 aliphatic heterocycles. The van der Waals surface area contributed by atoms with E-state index in [9.17, 15) is 8.42 Å². The second-order valence-electron chi connectivity index (χ2n) is 6.34. The summed E-state index contributed by atoms with van der Waals surface area (Å²) in [5.74, 6) is 0.494. The molecular weight excluding hydrogens is 412 g/mol. The fraction of sp³-hybridized carbons (Fsp3) is 0.150. The van der Waals surface area contributed by atoms with Gasteiger partial charge in [-0.05, 0) is 30.7 Å². The minimum absolute atomic E-state index is 0.277. The Kier molecular flexibility index (Phi) is 4.32. The first kappa shape index (κ1) is 17.2. The maximum atomic E-state index is 13.5. The Morgan fingerprint density at radius 2 is 1.73 bits per heavy atom. The Balaban J connectivity index is 1.90. The van der Waals surface area contributed by atoms with Crippen molar-refractivity contribution in [3.63, 3.8) is 0 Å². The molecule has 4 rings (SSSR count). The van der Waals surface area contributed by atoms with Crippen LogP contribution in [0.3, 0.4) is 0 Å². The van der Waals surface area contributed by atoms with E-state index in [1.165, 1.54) is 4.31 Å². The summed E-state index contributed by atoms with van der Waals surface area (Å²) in [6, 6.07) is 18.2. The highest BCUT2D eigenvalue weighted by Crippen LogP contribution is 2.45. The number of aromatic nitrogens is 1. The van der Waals surface area contributed by atoms with Gasteiger partial charge in [0, 0.05) is 22.7 Å². The summed E-state index contributed by atoms with van der Waals surface area (Å²) in [6.45, 7) is 1.94. The minimum Gasteiger partial charge on any atom is -0.242 e. The fourth-order valence-corrected chi connectivity index (χ4v) is 5.38. The molecule has 0 saturated carbocycles. The number of halogens is 1. The van der Waals surface area contributed by atoms with Gasteiger partial charge in [0.15, 0.2) is 0 Å². The number of hydrogen-bond donors (Lipinski definition) is 0. The van der Waals surface area contributed by atoms with Crippen LogP contribution in [0.5, 0.6) is 0 Å². The second kappa shape index (κ2) is 6.52. The van der Waals surface area contributed by atoms with Crippen molar-refractivity contribution < 1.29 is 8.42 Å². The average molecular weight is 429 g/mol. The Bertz CT molecular complexity index is 1050. The van der Waals surface area contributed by atoms with Crippen molar-refractivity contribution in [2.75, 3.05) is 4.31 Å². The first-order chi connectivity index (χ1) is 12.5. The number of fused-ring (bicyclic) bond motifs is 1. The van der Waals surface area contributed by atoms with Gasteiger partial charge >= 0.3 is 0 Å². The largest absolute Gasteiger partial charge is 0.266 e. The summed E-state index contributed by atoms with van der Waals surface area (Å²) in [6.07, 6.45) is 2.22. The highest BCUT2D eigenvalue weighted by atomic mass is 79.9. The molecule has 0 saturated heterocycles. The molecule has 0 fully saturated rings. The topological polar surface area (TPSA) is 50.3 Å². The van der Waals surface area contributed by atoms with Gasteiger partial charge in [0.2, 0.25) is 0 Å². The molecule has 3 aromatic rings. The van der Waals surface area contributed by atoms with Crippen molar-refractivity contribution in [1.82, 2.24) is 4.98 Å². The first-order valence-electron chi connectivity index (χ1n) is 8.28. The van der Waals surface area contributed by atoms with Crippen LogP contribution in [0.15, 0.2) is 76.2 Å². The minimum atomic E-state index is -3.73. The molecule has 0 bridgehead atoms. The molecular formula is C20H17BrN2O2S.